The van der Waals surface area contributed by atoms with Crippen molar-refractivity contribution in [1.82, 2.24) is 9.88 Å². The molecule has 2 aromatic rings. The van der Waals surface area contributed by atoms with E-state index in [0.29, 0.717) is 30.3 Å². The molecule has 0 spiro atoms. The smallest absolute Gasteiger partial charge is 0.411 e. The number of carbonyl (C=O) groups excluding carboxylic acids is 1. The third kappa shape index (κ3) is 4.14. The Morgan fingerprint density at radius 3 is 2.85 bits per heavy atom. The van der Waals surface area contributed by atoms with Crippen LogP contribution in [0.25, 0.3) is 16.5 Å². The number of ether oxygens (including phenoxy) is 3. The van der Waals surface area contributed by atoms with E-state index in [4.69, 9.17) is 14.2 Å². The van der Waals surface area contributed by atoms with Crippen LogP contribution in [-0.4, -0.2) is 37.1 Å². The van der Waals surface area contributed by atoms with Gasteiger partial charge in [0, 0.05) is 29.6 Å². The van der Waals surface area contributed by atoms with Crippen molar-refractivity contribution < 1.29 is 19.0 Å². The predicted molar refractivity (Wildman–Crippen MR) is 125 cm³/mol. The van der Waals surface area contributed by atoms with Gasteiger partial charge in [-0.3, -0.25) is 5.32 Å². The highest BCUT2D eigenvalue weighted by Gasteiger charge is 2.29. The Morgan fingerprint density at radius 1 is 1.27 bits per heavy atom. The van der Waals surface area contributed by atoms with Gasteiger partial charge in [0.2, 0.25) is 0 Å². The summed E-state index contributed by atoms with van der Waals surface area (Å²) in [7, 11) is 1.34. The Bertz CT molecular complexity index is 1200. The summed E-state index contributed by atoms with van der Waals surface area (Å²) in [5, 5.41) is 13.8. The van der Waals surface area contributed by atoms with Gasteiger partial charge in [-0.15, -0.1) is 0 Å². The zero-order chi connectivity index (χ0) is 22.8. The van der Waals surface area contributed by atoms with Gasteiger partial charge in [0.25, 0.3) is 0 Å². The van der Waals surface area contributed by atoms with Crippen molar-refractivity contribution in [3.8, 4) is 11.8 Å². The average molecular weight is 446 g/mol. The van der Waals surface area contributed by atoms with Crippen molar-refractivity contribution >= 4 is 22.6 Å². The van der Waals surface area contributed by atoms with E-state index >= 15 is 0 Å². The molecule has 2 heterocycles. The van der Waals surface area contributed by atoms with Crippen molar-refractivity contribution in [2.45, 2.75) is 44.2 Å². The Labute approximate surface area is 192 Å². The van der Waals surface area contributed by atoms with Gasteiger partial charge in [0.1, 0.15) is 17.9 Å². The Hall–Kier alpha value is -3.50. The quantitative estimate of drug-likeness (QED) is 0.701. The average Bonchev–Trinajstić information content (AvgIpc) is 3.33. The molecule has 1 amide bonds. The minimum atomic E-state index is -0.510. The molecule has 1 saturated heterocycles. The zero-order valence-electron chi connectivity index (χ0n) is 18.7. The number of nitrogens with one attached hydrogen (secondary N) is 1. The molecule has 1 N–H and O–H groups in total. The van der Waals surface area contributed by atoms with Gasteiger partial charge in [-0.05, 0) is 55.5 Å². The van der Waals surface area contributed by atoms with Crippen LogP contribution in [0.2, 0.25) is 0 Å². The molecule has 2 aliphatic carbocycles. The molecule has 2 fully saturated rings. The number of carbonyl (C=O) groups is 1. The van der Waals surface area contributed by atoms with Gasteiger partial charge in [-0.2, -0.15) is 5.26 Å². The monoisotopic (exact) mass is 445 g/mol. The number of fused-ring (bicyclic) bond motifs is 1. The van der Waals surface area contributed by atoms with E-state index in [9.17, 15) is 10.1 Å². The number of rotatable bonds is 5. The van der Waals surface area contributed by atoms with Crippen LogP contribution in [-0.2, 0) is 9.47 Å². The third-order valence-corrected chi connectivity index (χ3v) is 6.55. The second kappa shape index (κ2) is 9.16. The standard InChI is InChI=1S/C26H27N3O4/c1-31-26(30)28-18-5-2-4-17(8-9-18)25-23(15-27)22-11-10-20(33-21-12-13-32-16-21)14-24(22)29(25)19-6-3-7-19/h2,5,8-11,14,19,21H,3-4,6-7,12-13,16H2,1H3,(H,28,30). The number of aromatic nitrogens is 1. The SMILES string of the molecule is COC(=O)NC1=CC=C(c2c(C#N)c3ccc(OC4CCOC4)cc3n2C2CCC2)CC=C1. The molecular formula is C26H27N3O4. The highest BCUT2D eigenvalue weighted by molar-refractivity contribution is 5.94. The number of amides is 1. The van der Waals surface area contributed by atoms with Crippen molar-refractivity contribution in [1.29, 1.82) is 5.26 Å². The van der Waals surface area contributed by atoms with Crippen LogP contribution < -0.4 is 10.1 Å². The normalized spacial score (nSPS) is 20.4. The Kier molecular flexibility index (Phi) is 5.93. The number of nitrogens with zero attached hydrogens (tertiary/aromatic N) is 2. The topological polar surface area (TPSA) is 85.5 Å². The van der Waals surface area contributed by atoms with Crippen molar-refractivity contribution in [3.05, 3.63) is 59.5 Å². The summed E-state index contributed by atoms with van der Waals surface area (Å²) in [6.45, 7) is 1.35. The fraction of sp³-hybridized carbons (Fsp3) is 0.385. The lowest BCUT2D eigenvalue weighted by Crippen LogP contribution is -2.21. The van der Waals surface area contributed by atoms with E-state index in [0.717, 1.165) is 53.8 Å². The van der Waals surface area contributed by atoms with Crippen LogP contribution in [0.15, 0.2) is 48.2 Å². The molecule has 1 unspecified atom stereocenters. The first kappa shape index (κ1) is 21.4. The molecule has 1 saturated carbocycles. The van der Waals surface area contributed by atoms with E-state index in [1.165, 1.54) is 13.5 Å². The number of hydrogen-bond acceptors (Lipinski definition) is 5. The van der Waals surface area contributed by atoms with Gasteiger partial charge in [-0.25, -0.2) is 4.79 Å². The van der Waals surface area contributed by atoms with E-state index < -0.39 is 6.09 Å². The van der Waals surface area contributed by atoms with Crippen LogP contribution in [0.5, 0.6) is 5.75 Å². The summed E-state index contributed by atoms with van der Waals surface area (Å²) < 4.78 is 18.7. The molecule has 1 atom stereocenters. The summed E-state index contributed by atoms with van der Waals surface area (Å²) in [6, 6.07) is 8.86. The van der Waals surface area contributed by atoms with Crippen LogP contribution in [0.1, 0.15) is 49.4 Å². The lowest BCUT2D eigenvalue weighted by molar-refractivity contribution is 0.141. The maximum Gasteiger partial charge on any atom is 0.411 e. The van der Waals surface area contributed by atoms with Crippen molar-refractivity contribution in [2.24, 2.45) is 0 Å². The lowest BCUT2D eigenvalue weighted by Gasteiger charge is -2.30. The second-order valence-electron chi connectivity index (χ2n) is 8.61. The minimum Gasteiger partial charge on any atom is -0.488 e. The number of benzene rings is 1. The molecule has 0 bridgehead atoms. The maximum atomic E-state index is 11.6. The highest BCUT2D eigenvalue weighted by Crippen LogP contribution is 2.42. The lowest BCUT2D eigenvalue weighted by atomic mass is 9.92. The van der Waals surface area contributed by atoms with Crippen LogP contribution in [0, 0.1) is 11.3 Å². The van der Waals surface area contributed by atoms with Gasteiger partial charge < -0.3 is 18.8 Å². The number of hydrogen-bond donors (Lipinski definition) is 1. The van der Waals surface area contributed by atoms with Gasteiger partial charge in [0.15, 0.2) is 0 Å². The summed E-state index contributed by atoms with van der Waals surface area (Å²) in [5.74, 6) is 0.811. The van der Waals surface area contributed by atoms with Crippen LogP contribution in [0.3, 0.4) is 0 Å². The summed E-state index contributed by atoms with van der Waals surface area (Å²) >= 11 is 0. The van der Waals surface area contributed by atoms with E-state index in [1.54, 1.807) is 0 Å². The second-order valence-corrected chi connectivity index (χ2v) is 8.61. The molecule has 1 aromatic carbocycles. The molecule has 33 heavy (non-hydrogen) atoms. The molecule has 170 valence electrons. The van der Waals surface area contributed by atoms with E-state index in [-0.39, 0.29) is 6.10 Å². The molecule has 5 rings (SSSR count). The van der Waals surface area contributed by atoms with Gasteiger partial charge >= 0.3 is 6.09 Å². The summed E-state index contributed by atoms with van der Waals surface area (Å²) in [5.41, 5.74) is 4.37. The molecule has 0 radical (unpaired) electrons. The number of nitriles is 1. The van der Waals surface area contributed by atoms with Gasteiger partial charge in [-0.1, -0.05) is 12.2 Å². The predicted octanol–water partition coefficient (Wildman–Crippen LogP) is 4.99. The largest absolute Gasteiger partial charge is 0.488 e. The van der Waals surface area contributed by atoms with E-state index in [1.807, 2.05) is 36.4 Å². The summed E-state index contributed by atoms with van der Waals surface area (Å²) in [6.07, 6.45) is 12.2. The zero-order valence-corrected chi connectivity index (χ0v) is 18.7. The molecular weight excluding hydrogens is 418 g/mol. The number of methoxy groups -OCH3 is 1. The first-order valence-electron chi connectivity index (χ1n) is 11.4. The minimum absolute atomic E-state index is 0.0741. The fourth-order valence-corrected chi connectivity index (χ4v) is 4.67. The number of allylic oxidation sites excluding steroid dienone is 5. The van der Waals surface area contributed by atoms with Crippen LogP contribution >= 0.6 is 0 Å². The van der Waals surface area contributed by atoms with Crippen LogP contribution in [0.4, 0.5) is 4.79 Å². The molecule has 1 aromatic heterocycles. The Balaban J connectivity index is 1.59. The molecule has 7 heteroatoms. The highest BCUT2D eigenvalue weighted by atomic mass is 16.5. The maximum absolute atomic E-state index is 11.6. The number of alkyl carbamates (subject to hydrolysis) is 1. The van der Waals surface area contributed by atoms with Gasteiger partial charge in [0.05, 0.1) is 37.1 Å². The molecule has 3 aliphatic rings. The molecule has 1 aliphatic heterocycles. The summed E-state index contributed by atoms with van der Waals surface area (Å²) in [4.78, 5) is 11.6. The first-order chi connectivity index (χ1) is 16.2. The van der Waals surface area contributed by atoms with Crippen molar-refractivity contribution in [2.75, 3.05) is 20.3 Å². The third-order valence-electron chi connectivity index (χ3n) is 6.55. The molecule has 7 nitrogen and oxygen atoms in total. The Morgan fingerprint density at radius 2 is 2.15 bits per heavy atom. The fourth-order valence-electron chi connectivity index (χ4n) is 4.67. The van der Waals surface area contributed by atoms with Crippen molar-refractivity contribution in [3.63, 3.8) is 0 Å². The first-order valence-corrected chi connectivity index (χ1v) is 11.4. The van der Waals surface area contributed by atoms with E-state index in [2.05, 4.69) is 22.0 Å².